The molecule has 15 heavy (non-hydrogen) atoms. The molecular weight excluding hydrogens is 307 g/mol. The van der Waals surface area contributed by atoms with E-state index in [0.717, 1.165) is 0 Å². The molecule has 0 N–H and O–H groups in total. The predicted molar refractivity (Wildman–Crippen MR) is 66.8 cm³/mol. The van der Waals surface area contributed by atoms with Crippen LogP contribution in [0.3, 0.4) is 0 Å². The van der Waals surface area contributed by atoms with Gasteiger partial charge >= 0.3 is 0 Å². The van der Waals surface area contributed by atoms with Crippen molar-refractivity contribution in [2.24, 2.45) is 0 Å². The SMILES string of the molecule is Cc1ncc(I)c(=O)n1COC(C)(C)C. The van der Waals surface area contributed by atoms with Crippen LogP contribution in [-0.4, -0.2) is 15.2 Å². The van der Waals surface area contributed by atoms with Crippen molar-refractivity contribution in [1.29, 1.82) is 0 Å². The maximum Gasteiger partial charge on any atom is 0.268 e. The molecule has 1 aromatic rings. The minimum absolute atomic E-state index is 0.0487. The first-order valence-corrected chi connectivity index (χ1v) is 5.75. The van der Waals surface area contributed by atoms with Crippen LogP contribution in [0.25, 0.3) is 0 Å². The Bertz CT molecular complexity index is 407. The molecule has 0 atom stereocenters. The van der Waals surface area contributed by atoms with Crippen molar-refractivity contribution in [3.63, 3.8) is 0 Å². The van der Waals surface area contributed by atoms with E-state index >= 15 is 0 Å². The van der Waals surface area contributed by atoms with Crippen molar-refractivity contribution < 1.29 is 4.74 Å². The van der Waals surface area contributed by atoms with Crippen LogP contribution < -0.4 is 5.56 Å². The van der Waals surface area contributed by atoms with Gasteiger partial charge in [0.2, 0.25) is 0 Å². The average Bonchev–Trinajstić information content (AvgIpc) is 2.10. The summed E-state index contributed by atoms with van der Waals surface area (Å²) in [6.45, 7) is 7.90. The highest BCUT2D eigenvalue weighted by Crippen LogP contribution is 2.08. The van der Waals surface area contributed by atoms with Crippen LogP contribution in [0.5, 0.6) is 0 Å². The average molecular weight is 322 g/mol. The fraction of sp³-hybridized carbons (Fsp3) is 0.600. The number of rotatable bonds is 2. The van der Waals surface area contributed by atoms with Gasteiger partial charge in [-0.05, 0) is 50.3 Å². The topological polar surface area (TPSA) is 44.1 Å². The third kappa shape index (κ3) is 3.57. The zero-order valence-electron chi connectivity index (χ0n) is 9.37. The molecule has 0 aliphatic rings. The maximum absolute atomic E-state index is 11.7. The van der Waals surface area contributed by atoms with Crippen molar-refractivity contribution in [1.82, 2.24) is 9.55 Å². The van der Waals surface area contributed by atoms with Crippen molar-refractivity contribution in [2.45, 2.75) is 40.0 Å². The number of aryl methyl sites for hydroxylation is 1. The summed E-state index contributed by atoms with van der Waals surface area (Å²) in [7, 11) is 0. The van der Waals surface area contributed by atoms with Gasteiger partial charge in [0.15, 0.2) is 0 Å². The molecule has 0 saturated heterocycles. The first kappa shape index (κ1) is 12.6. The number of aromatic nitrogens is 2. The Morgan fingerprint density at radius 2 is 2.13 bits per heavy atom. The molecule has 1 heterocycles. The Hall–Kier alpha value is -0.430. The highest BCUT2D eigenvalue weighted by Gasteiger charge is 2.12. The van der Waals surface area contributed by atoms with Crippen LogP contribution >= 0.6 is 22.6 Å². The summed E-state index contributed by atoms with van der Waals surface area (Å²) in [6.07, 6.45) is 1.58. The van der Waals surface area contributed by atoms with Crippen LogP contribution in [-0.2, 0) is 11.5 Å². The van der Waals surface area contributed by atoms with Crippen LogP contribution in [0.1, 0.15) is 26.6 Å². The van der Waals surface area contributed by atoms with Crippen molar-refractivity contribution in [3.05, 3.63) is 25.9 Å². The van der Waals surface area contributed by atoms with Crippen molar-refractivity contribution in [2.75, 3.05) is 0 Å². The summed E-state index contributed by atoms with van der Waals surface area (Å²) in [5.74, 6) is 0.671. The standard InChI is InChI=1S/C10H15IN2O2/c1-7-12-5-8(11)9(14)13(7)6-15-10(2,3)4/h5H,6H2,1-4H3. The van der Waals surface area contributed by atoms with Gasteiger partial charge < -0.3 is 4.74 Å². The lowest BCUT2D eigenvalue weighted by atomic mass is 10.2. The van der Waals surface area contributed by atoms with Crippen molar-refractivity contribution >= 4 is 22.6 Å². The summed E-state index contributed by atoms with van der Waals surface area (Å²) < 4.78 is 7.69. The monoisotopic (exact) mass is 322 g/mol. The Balaban J connectivity index is 2.95. The van der Waals surface area contributed by atoms with Gasteiger partial charge in [0.25, 0.3) is 5.56 Å². The Morgan fingerprint density at radius 3 is 2.67 bits per heavy atom. The second kappa shape index (κ2) is 4.61. The highest BCUT2D eigenvalue weighted by atomic mass is 127. The fourth-order valence-electron chi connectivity index (χ4n) is 0.961. The highest BCUT2D eigenvalue weighted by molar-refractivity contribution is 14.1. The predicted octanol–water partition coefficient (Wildman–Crippen LogP) is 1.93. The van der Waals surface area contributed by atoms with E-state index in [0.29, 0.717) is 9.39 Å². The van der Waals surface area contributed by atoms with Crippen LogP contribution in [0, 0.1) is 10.5 Å². The lowest BCUT2D eigenvalue weighted by Gasteiger charge is -2.20. The molecular formula is C10H15IN2O2. The molecule has 0 saturated carbocycles. The first-order chi connectivity index (χ1) is 6.81. The minimum Gasteiger partial charge on any atom is -0.355 e. The van der Waals surface area contributed by atoms with Gasteiger partial charge in [-0.2, -0.15) is 0 Å². The van der Waals surface area contributed by atoms with Gasteiger partial charge in [0.1, 0.15) is 12.6 Å². The molecule has 0 amide bonds. The molecule has 5 heteroatoms. The fourth-order valence-corrected chi connectivity index (χ4v) is 1.39. The second-order valence-corrected chi connectivity index (χ2v) is 5.43. The number of halogens is 1. The van der Waals surface area contributed by atoms with Gasteiger partial charge in [0, 0.05) is 6.20 Å². The maximum atomic E-state index is 11.7. The van der Waals surface area contributed by atoms with Gasteiger partial charge in [-0.3, -0.25) is 9.36 Å². The van der Waals surface area contributed by atoms with Gasteiger partial charge in [-0.15, -0.1) is 0 Å². The van der Waals surface area contributed by atoms with Gasteiger partial charge in [0.05, 0.1) is 9.17 Å². The Labute approximate surface area is 103 Å². The number of hydrogen-bond acceptors (Lipinski definition) is 3. The molecule has 1 aromatic heterocycles. The zero-order chi connectivity index (χ0) is 11.6. The minimum atomic E-state index is -0.257. The van der Waals surface area contributed by atoms with E-state index in [4.69, 9.17) is 4.74 Å². The largest absolute Gasteiger partial charge is 0.355 e. The van der Waals surface area contributed by atoms with Crippen molar-refractivity contribution in [3.8, 4) is 0 Å². The summed E-state index contributed by atoms with van der Waals surface area (Å²) in [5.41, 5.74) is -0.306. The van der Waals surface area contributed by atoms with E-state index in [1.807, 2.05) is 43.4 Å². The van der Waals surface area contributed by atoms with Crippen LogP contribution in [0.4, 0.5) is 0 Å². The molecule has 0 bridgehead atoms. The van der Waals surface area contributed by atoms with Crippen LogP contribution in [0.2, 0.25) is 0 Å². The smallest absolute Gasteiger partial charge is 0.268 e. The Kier molecular flexibility index (Phi) is 3.88. The number of nitrogens with zero attached hydrogens (tertiary/aromatic N) is 2. The normalized spacial score (nSPS) is 11.8. The quantitative estimate of drug-likeness (QED) is 0.782. The molecule has 0 spiro atoms. The van der Waals surface area contributed by atoms with E-state index in [-0.39, 0.29) is 17.9 Å². The lowest BCUT2D eigenvalue weighted by Crippen LogP contribution is -2.30. The van der Waals surface area contributed by atoms with Gasteiger partial charge in [-0.1, -0.05) is 0 Å². The molecule has 0 aliphatic carbocycles. The third-order valence-electron chi connectivity index (χ3n) is 1.83. The molecule has 0 radical (unpaired) electrons. The zero-order valence-corrected chi connectivity index (χ0v) is 11.5. The molecule has 84 valence electrons. The molecule has 0 aromatic carbocycles. The van der Waals surface area contributed by atoms with E-state index in [2.05, 4.69) is 4.98 Å². The Morgan fingerprint density at radius 1 is 1.53 bits per heavy atom. The molecule has 4 nitrogen and oxygen atoms in total. The van der Waals surface area contributed by atoms with Gasteiger partial charge in [-0.25, -0.2) is 4.98 Å². The van der Waals surface area contributed by atoms with E-state index < -0.39 is 0 Å². The first-order valence-electron chi connectivity index (χ1n) is 4.67. The van der Waals surface area contributed by atoms with E-state index in [9.17, 15) is 4.79 Å². The van der Waals surface area contributed by atoms with E-state index in [1.54, 1.807) is 13.1 Å². The molecule has 1 rings (SSSR count). The van der Waals surface area contributed by atoms with E-state index in [1.165, 1.54) is 4.57 Å². The summed E-state index contributed by atoms with van der Waals surface area (Å²) in [5, 5.41) is 0. The molecule has 0 fully saturated rings. The summed E-state index contributed by atoms with van der Waals surface area (Å²) in [6, 6.07) is 0. The van der Waals surface area contributed by atoms with Crippen LogP contribution in [0.15, 0.2) is 11.0 Å². The molecule has 0 aliphatic heterocycles. The summed E-state index contributed by atoms with van der Waals surface area (Å²) in [4.78, 5) is 15.9. The lowest BCUT2D eigenvalue weighted by molar-refractivity contribution is -0.0458. The number of ether oxygens (including phenoxy) is 1. The number of hydrogen-bond donors (Lipinski definition) is 0. The second-order valence-electron chi connectivity index (χ2n) is 4.27. The molecule has 0 unspecified atom stereocenters. The third-order valence-corrected chi connectivity index (χ3v) is 2.57. The summed E-state index contributed by atoms with van der Waals surface area (Å²) >= 11 is 1.98.